The van der Waals surface area contributed by atoms with Gasteiger partial charge >= 0.3 is 6.18 Å². The number of aromatic hydroxyl groups is 2. The van der Waals surface area contributed by atoms with Crippen LogP contribution in [0.1, 0.15) is 28.4 Å². The van der Waals surface area contributed by atoms with Crippen molar-refractivity contribution in [3.05, 3.63) is 89.5 Å². The van der Waals surface area contributed by atoms with Crippen LogP contribution in [0, 0.1) is 0 Å². The molecule has 9 nitrogen and oxygen atoms in total. The lowest BCUT2D eigenvalue weighted by atomic mass is 10.0. The number of aliphatic hydroxyl groups is 2. The molecule has 0 heterocycles. The van der Waals surface area contributed by atoms with Crippen molar-refractivity contribution in [1.82, 2.24) is 9.62 Å². The zero-order chi connectivity index (χ0) is 29.7. The molecule has 0 spiro atoms. The highest BCUT2D eigenvalue weighted by atomic mass is 32.2. The maximum atomic E-state index is 13.3. The second kappa shape index (κ2) is 12.7. The predicted molar refractivity (Wildman–Crippen MR) is 139 cm³/mol. The lowest BCUT2D eigenvalue weighted by molar-refractivity contribution is -0.137. The standard InChI is InChI=1S/C27H29F3N2O7S/c1-17(33)15-32(40(38,39)23-9-7-20(8-10-23)27(28,29)30)16-25(36)24(11-18-5-3-2-4-6-18)31-26(37)19-12-21(34)14-22(35)13-19/h2-10,12-14,17,24-25,33-36H,11,15-16H2,1H3,(H,31,37)/t17-,24-,25+/m0/s1. The van der Waals surface area contributed by atoms with E-state index >= 15 is 0 Å². The number of carbonyl (C=O) groups is 1. The van der Waals surface area contributed by atoms with Crippen LogP contribution >= 0.6 is 0 Å². The number of halogens is 3. The van der Waals surface area contributed by atoms with Gasteiger partial charge in [-0.1, -0.05) is 30.3 Å². The number of carbonyl (C=O) groups excluding carboxylic acids is 1. The molecule has 5 N–H and O–H groups in total. The SMILES string of the molecule is C[C@H](O)CN(C[C@@H](O)[C@H](Cc1ccccc1)NC(=O)c1cc(O)cc(O)c1)S(=O)(=O)c1ccc(C(F)(F)F)cc1. The summed E-state index contributed by atoms with van der Waals surface area (Å²) < 4.78 is 66.3. The van der Waals surface area contributed by atoms with E-state index in [1.54, 1.807) is 30.3 Å². The molecule has 0 aliphatic rings. The second-order valence-electron chi connectivity index (χ2n) is 9.27. The first kappa shape index (κ1) is 30.9. The first-order chi connectivity index (χ1) is 18.7. The number of rotatable bonds is 11. The highest BCUT2D eigenvalue weighted by molar-refractivity contribution is 7.89. The molecule has 0 aromatic heterocycles. The minimum Gasteiger partial charge on any atom is -0.508 e. The summed E-state index contributed by atoms with van der Waals surface area (Å²) in [6, 6.07) is 13.6. The molecule has 0 saturated heterocycles. The number of alkyl halides is 3. The average Bonchev–Trinajstić information content (AvgIpc) is 2.87. The molecule has 0 radical (unpaired) electrons. The van der Waals surface area contributed by atoms with E-state index in [0.29, 0.717) is 17.7 Å². The molecule has 0 aliphatic carbocycles. The van der Waals surface area contributed by atoms with Gasteiger partial charge in [-0.15, -0.1) is 0 Å². The Morgan fingerprint density at radius 3 is 2.02 bits per heavy atom. The Hall–Kier alpha value is -3.65. The summed E-state index contributed by atoms with van der Waals surface area (Å²) in [5.74, 6) is -1.54. The maximum absolute atomic E-state index is 13.3. The minimum absolute atomic E-state index is 0.0430. The van der Waals surface area contributed by atoms with Gasteiger partial charge in [0.25, 0.3) is 5.91 Å². The number of amides is 1. The molecule has 3 aromatic rings. The zero-order valence-electron chi connectivity index (χ0n) is 21.3. The van der Waals surface area contributed by atoms with Crippen molar-refractivity contribution in [2.24, 2.45) is 0 Å². The minimum atomic E-state index is -4.67. The van der Waals surface area contributed by atoms with E-state index in [0.717, 1.165) is 34.6 Å². The summed E-state index contributed by atoms with van der Waals surface area (Å²) in [6.45, 7) is 0.184. The molecule has 1 amide bonds. The molecule has 40 heavy (non-hydrogen) atoms. The van der Waals surface area contributed by atoms with Crippen LogP contribution in [-0.2, 0) is 22.6 Å². The van der Waals surface area contributed by atoms with Crippen molar-refractivity contribution in [3.63, 3.8) is 0 Å². The van der Waals surface area contributed by atoms with Crippen molar-refractivity contribution in [1.29, 1.82) is 0 Å². The third-order valence-corrected chi connectivity index (χ3v) is 7.77. The van der Waals surface area contributed by atoms with Crippen LogP contribution in [0.15, 0.2) is 77.7 Å². The summed E-state index contributed by atoms with van der Waals surface area (Å²) >= 11 is 0. The van der Waals surface area contributed by atoms with Crippen molar-refractivity contribution in [2.75, 3.05) is 13.1 Å². The number of hydrogen-bond acceptors (Lipinski definition) is 7. The van der Waals surface area contributed by atoms with Gasteiger partial charge < -0.3 is 25.7 Å². The molecule has 0 aliphatic heterocycles. The molecule has 0 saturated carbocycles. The third-order valence-electron chi connectivity index (χ3n) is 5.92. The van der Waals surface area contributed by atoms with Gasteiger partial charge in [0.05, 0.1) is 28.7 Å². The van der Waals surface area contributed by atoms with Crippen molar-refractivity contribution in [2.45, 2.75) is 42.7 Å². The van der Waals surface area contributed by atoms with Crippen LogP contribution in [0.2, 0.25) is 0 Å². The number of hydrogen-bond donors (Lipinski definition) is 5. The molecule has 216 valence electrons. The summed E-state index contributed by atoms with van der Waals surface area (Å²) in [7, 11) is -4.48. The number of phenols is 2. The molecule has 0 bridgehead atoms. The molecule has 0 fully saturated rings. The van der Waals surface area contributed by atoms with Gasteiger partial charge in [-0.25, -0.2) is 8.42 Å². The zero-order valence-corrected chi connectivity index (χ0v) is 22.1. The molecule has 3 rings (SSSR count). The van der Waals surface area contributed by atoms with Crippen molar-refractivity contribution < 1.29 is 46.8 Å². The van der Waals surface area contributed by atoms with E-state index in [9.17, 15) is 46.8 Å². The Kier molecular flexibility index (Phi) is 9.79. The Labute approximate surface area is 229 Å². The lowest BCUT2D eigenvalue weighted by Gasteiger charge is -2.30. The van der Waals surface area contributed by atoms with Gasteiger partial charge in [-0.05, 0) is 55.3 Å². The topological polar surface area (TPSA) is 147 Å². The highest BCUT2D eigenvalue weighted by Gasteiger charge is 2.34. The van der Waals surface area contributed by atoms with Gasteiger partial charge in [0, 0.05) is 24.7 Å². The molecular formula is C27H29F3N2O7S. The van der Waals surface area contributed by atoms with Crippen LogP contribution in [-0.4, -0.2) is 70.4 Å². The average molecular weight is 583 g/mol. The van der Waals surface area contributed by atoms with E-state index < -0.39 is 63.9 Å². The number of nitrogens with zero attached hydrogens (tertiary/aromatic N) is 1. The predicted octanol–water partition coefficient (Wildman–Crippen LogP) is 2.89. The van der Waals surface area contributed by atoms with E-state index in [4.69, 9.17) is 0 Å². The van der Waals surface area contributed by atoms with Gasteiger partial charge in [0.2, 0.25) is 10.0 Å². The molecular weight excluding hydrogens is 553 g/mol. The van der Waals surface area contributed by atoms with Crippen LogP contribution < -0.4 is 5.32 Å². The number of nitrogens with one attached hydrogen (secondary N) is 1. The Bertz CT molecular complexity index is 1380. The quantitative estimate of drug-likeness (QED) is 0.234. The van der Waals surface area contributed by atoms with Crippen LogP contribution in [0.3, 0.4) is 0 Å². The fraction of sp³-hybridized carbons (Fsp3) is 0.296. The van der Waals surface area contributed by atoms with Crippen LogP contribution in [0.4, 0.5) is 13.2 Å². The summed E-state index contributed by atoms with van der Waals surface area (Å²) in [4.78, 5) is 12.5. The Morgan fingerprint density at radius 1 is 0.925 bits per heavy atom. The smallest absolute Gasteiger partial charge is 0.416 e. The maximum Gasteiger partial charge on any atom is 0.416 e. The summed E-state index contributed by atoms with van der Waals surface area (Å²) in [5, 5.41) is 43.2. The first-order valence-corrected chi connectivity index (χ1v) is 13.5. The fourth-order valence-corrected chi connectivity index (χ4v) is 5.53. The van der Waals surface area contributed by atoms with E-state index in [1.165, 1.54) is 6.92 Å². The van der Waals surface area contributed by atoms with Crippen LogP contribution in [0.5, 0.6) is 11.5 Å². The highest BCUT2D eigenvalue weighted by Crippen LogP contribution is 2.30. The summed E-state index contributed by atoms with van der Waals surface area (Å²) in [5.41, 5.74) is -0.489. The monoisotopic (exact) mass is 582 g/mol. The van der Waals surface area contributed by atoms with Gasteiger partial charge in [0.15, 0.2) is 0 Å². The third kappa shape index (κ3) is 8.18. The Morgan fingerprint density at radius 2 is 1.50 bits per heavy atom. The van der Waals surface area contributed by atoms with E-state index in [2.05, 4.69) is 5.32 Å². The van der Waals surface area contributed by atoms with Crippen molar-refractivity contribution >= 4 is 15.9 Å². The van der Waals surface area contributed by atoms with Gasteiger partial charge in [-0.2, -0.15) is 17.5 Å². The van der Waals surface area contributed by atoms with Gasteiger partial charge in [0.1, 0.15) is 11.5 Å². The summed E-state index contributed by atoms with van der Waals surface area (Å²) in [6.07, 6.45) is -7.39. The molecule has 0 unspecified atom stereocenters. The number of sulfonamides is 1. The van der Waals surface area contributed by atoms with E-state index in [1.807, 2.05) is 0 Å². The number of benzene rings is 3. The lowest BCUT2D eigenvalue weighted by Crippen LogP contribution is -2.51. The Balaban J connectivity index is 1.91. The largest absolute Gasteiger partial charge is 0.508 e. The van der Waals surface area contributed by atoms with E-state index in [-0.39, 0.29) is 23.5 Å². The fourth-order valence-electron chi connectivity index (χ4n) is 4.00. The normalized spacial score (nSPS) is 14.5. The molecule has 13 heteroatoms. The molecule has 3 aromatic carbocycles. The van der Waals surface area contributed by atoms with Crippen molar-refractivity contribution in [3.8, 4) is 11.5 Å². The number of phenolic OH excluding ortho intramolecular Hbond substituents is 2. The van der Waals surface area contributed by atoms with Crippen LogP contribution in [0.25, 0.3) is 0 Å². The number of aliphatic hydroxyl groups excluding tert-OH is 2. The molecule has 3 atom stereocenters. The first-order valence-electron chi connectivity index (χ1n) is 12.1. The second-order valence-corrected chi connectivity index (χ2v) is 11.2. The van der Waals surface area contributed by atoms with Gasteiger partial charge in [-0.3, -0.25) is 4.79 Å².